The van der Waals surface area contributed by atoms with Crippen LogP contribution < -0.4 is 5.32 Å². The molecule has 1 heterocycles. The minimum absolute atomic E-state index is 0.367. The van der Waals surface area contributed by atoms with Crippen LogP contribution in [0.1, 0.15) is 39.4 Å². The van der Waals surface area contributed by atoms with Crippen LogP contribution in [0.2, 0.25) is 0 Å². The molecule has 1 aromatic rings. The molecule has 0 atom stereocenters. The average molecular weight is 349 g/mol. The van der Waals surface area contributed by atoms with Gasteiger partial charge >= 0.3 is 0 Å². The fourth-order valence-corrected chi connectivity index (χ4v) is 2.27. The highest BCUT2D eigenvalue weighted by atomic mass is 127. The van der Waals surface area contributed by atoms with Crippen molar-refractivity contribution in [3.05, 3.63) is 15.6 Å². The molecule has 96 valence electrons. The van der Waals surface area contributed by atoms with Crippen molar-refractivity contribution in [3.8, 4) is 0 Å². The van der Waals surface area contributed by atoms with Crippen LogP contribution in [0.25, 0.3) is 0 Å². The van der Waals surface area contributed by atoms with E-state index in [1.54, 1.807) is 7.11 Å². The number of methoxy groups -OCH3 is 1. The normalized spacial score (nSPS) is 11.6. The summed E-state index contributed by atoms with van der Waals surface area (Å²) in [6.45, 7) is 7.11. The second kappa shape index (κ2) is 6.49. The zero-order valence-electron chi connectivity index (χ0n) is 10.9. The van der Waals surface area contributed by atoms with Crippen molar-refractivity contribution in [2.24, 2.45) is 0 Å². The van der Waals surface area contributed by atoms with Gasteiger partial charge in [-0.05, 0) is 42.4 Å². The van der Waals surface area contributed by atoms with Crippen LogP contribution in [-0.2, 0) is 10.3 Å². The molecule has 0 fully saturated rings. The molecule has 0 aromatic carbocycles. The predicted octanol–water partition coefficient (Wildman–Crippen LogP) is 3.17. The van der Waals surface area contributed by atoms with E-state index >= 15 is 0 Å². The van der Waals surface area contributed by atoms with Crippen LogP contribution >= 0.6 is 22.6 Å². The summed E-state index contributed by atoms with van der Waals surface area (Å²) >= 11 is 2.24. The van der Waals surface area contributed by atoms with Crippen LogP contribution in [0.5, 0.6) is 0 Å². The topological polar surface area (TPSA) is 47.0 Å². The summed E-state index contributed by atoms with van der Waals surface area (Å²) in [4.78, 5) is 9.01. The van der Waals surface area contributed by atoms with E-state index in [4.69, 9.17) is 4.74 Å². The summed E-state index contributed by atoms with van der Waals surface area (Å²) in [6, 6.07) is 0. The Morgan fingerprint density at radius 3 is 2.47 bits per heavy atom. The predicted molar refractivity (Wildman–Crippen MR) is 78.2 cm³/mol. The number of ether oxygens (including phenoxy) is 1. The molecule has 0 saturated heterocycles. The van der Waals surface area contributed by atoms with Crippen molar-refractivity contribution in [2.45, 2.75) is 39.2 Å². The van der Waals surface area contributed by atoms with Crippen LogP contribution in [0.3, 0.4) is 0 Å². The number of rotatable bonds is 6. The van der Waals surface area contributed by atoms with Gasteiger partial charge in [-0.1, -0.05) is 13.8 Å². The number of hydrogen-bond acceptors (Lipinski definition) is 4. The lowest BCUT2D eigenvalue weighted by Crippen LogP contribution is -2.29. The quantitative estimate of drug-likeness (QED) is 0.802. The smallest absolute Gasteiger partial charge is 0.162 e. The molecule has 0 amide bonds. The summed E-state index contributed by atoms with van der Waals surface area (Å²) < 4.78 is 6.67. The molecule has 0 bridgehead atoms. The highest BCUT2D eigenvalue weighted by molar-refractivity contribution is 14.1. The Balaban J connectivity index is 3.16. The van der Waals surface area contributed by atoms with Crippen molar-refractivity contribution in [1.82, 2.24) is 9.97 Å². The Bertz CT molecular complexity index is 359. The molecule has 17 heavy (non-hydrogen) atoms. The fourth-order valence-electron chi connectivity index (χ4n) is 1.82. The first kappa shape index (κ1) is 14.6. The molecule has 1 aromatic heterocycles. The van der Waals surface area contributed by atoms with Gasteiger partial charge in [0, 0.05) is 19.9 Å². The Morgan fingerprint density at radius 2 is 2.00 bits per heavy atom. The number of hydrogen-bond donors (Lipinski definition) is 1. The highest BCUT2D eigenvalue weighted by Crippen LogP contribution is 2.30. The van der Waals surface area contributed by atoms with Gasteiger partial charge in [-0.2, -0.15) is 0 Å². The van der Waals surface area contributed by atoms with E-state index in [1.807, 2.05) is 6.20 Å². The summed E-state index contributed by atoms with van der Waals surface area (Å²) in [5.41, 5.74) is -0.367. The van der Waals surface area contributed by atoms with E-state index in [0.717, 1.165) is 34.6 Å². The number of aromatic nitrogens is 2. The molecule has 0 spiro atoms. The number of halogens is 1. The van der Waals surface area contributed by atoms with Gasteiger partial charge in [0.25, 0.3) is 0 Å². The van der Waals surface area contributed by atoms with Crippen LogP contribution in [0.4, 0.5) is 5.82 Å². The molecule has 1 N–H and O–H groups in total. The number of nitrogens with zero attached hydrogens (tertiary/aromatic N) is 2. The maximum absolute atomic E-state index is 5.64. The number of anilines is 1. The van der Waals surface area contributed by atoms with Crippen molar-refractivity contribution >= 4 is 28.4 Å². The first-order chi connectivity index (χ1) is 8.13. The lowest BCUT2D eigenvalue weighted by molar-refractivity contribution is -0.0290. The number of nitrogens with one attached hydrogen (secondary N) is 1. The Labute approximate surface area is 117 Å². The second-order valence-electron chi connectivity index (χ2n) is 3.83. The van der Waals surface area contributed by atoms with Gasteiger partial charge in [-0.25, -0.2) is 9.97 Å². The zero-order valence-corrected chi connectivity index (χ0v) is 13.0. The minimum atomic E-state index is -0.367. The standard InChI is InChI=1S/C12H20IN3O/c1-5-12(6-2,17-4)11-15-8-9(13)10(16-11)14-7-3/h8H,5-7H2,1-4H3,(H,14,15,16). The summed E-state index contributed by atoms with van der Waals surface area (Å²) in [7, 11) is 1.72. The van der Waals surface area contributed by atoms with E-state index in [9.17, 15) is 0 Å². The second-order valence-corrected chi connectivity index (χ2v) is 4.99. The van der Waals surface area contributed by atoms with Crippen molar-refractivity contribution in [2.75, 3.05) is 19.0 Å². The third kappa shape index (κ3) is 3.07. The maximum Gasteiger partial charge on any atom is 0.162 e. The van der Waals surface area contributed by atoms with E-state index in [0.29, 0.717) is 0 Å². The fraction of sp³-hybridized carbons (Fsp3) is 0.667. The summed E-state index contributed by atoms with van der Waals surface area (Å²) in [5.74, 6) is 1.66. The highest BCUT2D eigenvalue weighted by Gasteiger charge is 2.31. The molecular weight excluding hydrogens is 329 g/mol. The Kier molecular flexibility index (Phi) is 5.58. The lowest BCUT2D eigenvalue weighted by Gasteiger charge is -2.28. The van der Waals surface area contributed by atoms with Crippen molar-refractivity contribution in [3.63, 3.8) is 0 Å². The molecule has 4 nitrogen and oxygen atoms in total. The largest absolute Gasteiger partial charge is 0.370 e. The summed E-state index contributed by atoms with van der Waals surface area (Å²) in [5, 5.41) is 3.25. The van der Waals surface area contributed by atoms with Gasteiger partial charge in [0.2, 0.25) is 0 Å². The molecule has 0 unspecified atom stereocenters. The Morgan fingerprint density at radius 1 is 1.35 bits per heavy atom. The molecule has 0 saturated carbocycles. The van der Waals surface area contributed by atoms with Crippen molar-refractivity contribution in [1.29, 1.82) is 0 Å². The minimum Gasteiger partial charge on any atom is -0.370 e. The summed E-state index contributed by atoms with van der Waals surface area (Å²) in [6.07, 6.45) is 3.58. The van der Waals surface area contributed by atoms with Gasteiger partial charge in [0.05, 0.1) is 3.57 Å². The zero-order chi connectivity index (χ0) is 12.9. The molecule has 0 radical (unpaired) electrons. The molecule has 1 rings (SSSR count). The first-order valence-corrected chi connectivity index (χ1v) is 7.03. The van der Waals surface area contributed by atoms with E-state index in [1.165, 1.54) is 0 Å². The van der Waals surface area contributed by atoms with Crippen LogP contribution in [0, 0.1) is 3.57 Å². The lowest BCUT2D eigenvalue weighted by atomic mass is 9.96. The van der Waals surface area contributed by atoms with Crippen LogP contribution in [-0.4, -0.2) is 23.6 Å². The van der Waals surface area contributed by atoms with Gasteiger partial charge in [-0.15, -0.1) is 0 Å². The van der Waals surface area contributed by atoms with Gasteiger partial charge in [0.15, 0.2) is 5.82 Å². The monoisotopic (exact) mass is 349 g/mol. The third-order valence-electron chi connectivity index (χ3n) is 3.03. The molecule has 5 heteroatoms. The Hall–Kier alpha value is -0.430. The van der Waals surface area contributed by atoms with Crippen LogP contribution in [0.15, 0.2) is 6.20 Å². The van der Waals surface area contributed by atoms with Gasteiger partial charge < -0.3 is 10.1 Å². The molecule has 0 aliphatic heterocycles. The average Bonchev–Trinajstić information content (AvgIpc) is 2.36. The first-order valence-electron chi connectivity index (χ1n) is 5.95. The molecular formula is C12H20IN3O. The SMILES string of the molecule is CCNc1nc(C(CC)(CC)OC)ncc1I. The maximum atomic E-state index is 5.64. The van der Waals surface area contributed by atoms with E-state index < -0.39 is 0 Å². The van der Waals surface area contributed by atoms with Gasteiger partial charge in [0.1, 0.15) is 11.4 Å². The molecule has 0 aliphatic carbocycles. The van der Waals surface area contributed by atoms with Gasteiger partial charge in [-0.3, -0.25) is 0 Å². The van der Waals surface area contributed by atoms with E-state index in [2.05, 4.69) is 58.6 Å². The van der Waals surface area contributed by atoms with E-state index in [-0.39, 0.29) is 5.60 Å². The molecule has 0 aliphatic rings. The van der Waals surface area contributed by atoms with Crippen molar-refractivity contribution < 1.29 is 4.74 Å². The third-order valence-corrected chi connectivity index (χ3v) is 3.82.